The van der Waals surface area contributed by atoms with Gasteiger partial charge in [0.25, 0.3) is 0 Å². The van der Waals surface area contributed by atoms with Crippen molar-refractivity contribution in [2.75, 3.05) is 5.73 Å². The molecule has 0 fully saturated rings. The third-order valence-corrected chi connectivity index (χ3v) is 2.30. The van der Waals surface area contributed by atoms with Crippen LogP contribution in [0.4, 0.5) is 5.69 Å². The van der Waals surface area contributed by atoms with Crippen LogP contribution in [0.25, 0.3) is 10.9 Å². The van der Waals surface area contributed by atoms with Crippen molar-refractivity contribution < 1.29 is 0 Å². The summed E-state index contributed by atoms with van der Waals surface area (Å²) in [6.45, 7) is 4.05. The normalized spacial score (nSPS) is 11.0. The summed E-state index contributed by atoms with van der Waals surface area (Å²) in [5.41, 5.74) is 9.96. The fourth-order valence-electron chi connectivity index (χ4n) is 1.77. The third-order valence-electron chi connectivity index (χ3n) is 2.30. The van der Waals surface area contributed by atoms with Crippen LogP contribution in [-0.4, -0.2) is 9.78 Å². The summed E-state index contributed by atoms with van der Waals surface area (Å²) in [6, 6.07) is 4.09. The molecule has 3 heteroatoms. The van der Waals surface area contributed by atoms with E-state index in [1.54, 1.807) is 0 Å². The van der Waals surface area contributed by atoms with Crippen molar-refractivity contribution in [1.29, 1.82) is 0 Å². The Bertz CT molecular complexity index is 468. The minimum atomic E-state index is 0.804. The molecule has 0 aliphatic carbocycles. The van der Waals surface area contributed by atoms with Crippen LogP contribution in [0, 0.1) is 13.8 Å². The molecule has 0 saturated heterocycles. The first-order valence-electron chi connectivity index (χ1n) is 4.29. The highest BCUT2D eigenvalue weighted by Gasteiger charge is 2.07. The van der Waals surface area contributed by atoms with E-state index in [0.717, 1.165) is 22.3 Å². The zero-order valence-corrected chi connectivity index (χ0v) is 8.13. The van der Waals surface area contributed by atoms with Gasteiger partial charge in [-0.05, 0) is 31.5 Å². The van der Waals surface area contributed by atoms with Gasteiger partial charge in [-0.25, -0.2) is 0 Å². The Morgan fingerprint density at radius 1 is 1.31 bits per heavy atom. The molecule has 0 saturated carbocycles. The van der Waals surface area contributed by atoms with Gasteiger partial charge in [-0.1, -0.05) is 0 Å². The number of hydrogen-bond donors (Lipinski definition) is 1. The summed E-state index contributed by atoms with van der Waals surface area (Å²) in [6.07, 6.45) is 0. The standard InChI is InChI=1S/C10H13N3/c1-6-4-8-7(2)12-13(3)10(8)9(11)5-6/h4-5H,11H2,1-3H3. The monoisotopic (exact) mass is 175 g/mol. The maximum absolute atomic E-state index is 5.91. The molecule has 2 N–H and O–H groups in total. The largest absolute Gasteiger partial charge is 0.397 e. The quantitative estimate of drug-likeness (QED) is 0.620. The molecule has 2 rings (SSSR count). The van der Waals surface area contributed by atoms with Crippen molar-refractivity contribution in [2.45, 2.75) is 13.8 Å². The second kappa shape index (κ2) is 2.49. The summed E-state index contributed by atoms with van der Waals surface area (Å²) in [5.74, 6) is 0. The molecule has 0 atom stereocenters. The van der Waals surface area contributed by atoms with Crippen molar-refractivity contribution >= 4 is 16.6 Å². The maximum atomic E-state index is 5.91. The van der Waals surface area contributed by atoms with Crippen molar-refractivity contribution in [3.05, 3.63) is 23.4 Å². The van der Waals surface area contributed by atoms with Crippen molar-refractivity contribution in [3.8, 4) is 0 Å². The van der Waals surface area contributed by atoms with Gasteiger partial charge in [0.05, 0.1) is 16.9 Å². The van der Waals surface area contributed by atoms with E-state index in [4.69, 9.17) is 5.73 Å². The molecule has 0 bridgehead atoms. The smallest absolute Gasteiger partial charge is 0.0911 e. The van der Waals surface area contributed by atoms with Crippen LogP contribution in [0.5, 0.6) is 0 Å². The fraction of sp³-hybridized carbons (Fsp3) is 0.300. The molecule has 0 spiro atoms. The molecule has 68 valence electrons. The van der Waals surface area contributed by atoms with Crippen LogP contribution in [0.2, 0.25) is 0 Å². The Hall–Kier alpha value is -1.51. The lowest BCUT2D eigenvalue weighted by atomic mass is 10.1. The third kappa shape index (κ3) is 1.08. The molecule has 3 nitrogen and oxygen atoms in total. The number of rotatable bonds is 0. The van der Waals surface area contributed by atoms with E-state index < -0.39 is 0 Å². The minimum Gasteiger partial charge on any atom is -0.397 e. The number of aromatic nitrogens is 2. The number of hydrogen-bond acceptors (Lipinski definition) is 2. The molecule has 0 radical (unpaired) electrons. The van der Waals surface area contributed by atoms with E-state index in [1.807, 2.05) is 31.6 Å². The number of nitrogens with zero attached hydrogens (tertiary/aromatic N) is 2. The number of nitrogens with two attached hydrogens (primary N) is 1. The van der Waals surface area contributed by atoms with Gasteiger partial charge in [-0.15, -0.1) is 0 Å². The summed E-state index contributed by atoms with van der Waals surface area (Å²) < 4.78 is 1.83. The van der Waals surface area contributed by atoms with E-state index in [-0.39, 0.29) is 0 Å². The van der Waals surface area contributed by atoms with Gasteiger partial charge in [0.2, 0.25) is 0 Å². The van der Waals surface area contributed by atoms with Gasteiger partial charge < -0.3 is 5.73 Å². The zero-order chi connectivity index (χ0) is 9.59. The highest BCUT2D eigenvalue weighted by molar-refractivity contribution is 5.92. The van der Waals surface area contributed by atoms with E-state index in [9.17, 15) is 0 Å². The Balaban J connectivity index is 2.97. The van der Waals surface area contributed by atoms with Gasteiger partial charge in [0.1, 0.15) is 0 Å². The molecular formula is C10H13N3. The van der Waals surface area contributed by atoms with Crippen LogP contribution in [0.1, 0.15) is 11.3 Å². The molecule has 0 unspecified atom stereocenters. The highest BCUT2D eigenvalue weighted by atomic mass is 15.3. The number of anilines is 1. The Morgan fingerprint density at radius 3 is 2.69 bits per heavy atom. The lowest BCUT2D eigenvalue weighted by Crippen LogP contribution is -1.94. The van der Waals surface area contributed by atoms with Crippen LogP contribution in [0.15, 0.2) is 12.1 Å². The molecule has 2 aromatic rings. The average Bonchev–Trinajstić information content (AvgIpc) is 2.27. The van der Waals surface area contributed by atoms with Gasteiger partial charge in [-0.3, -0.25) is 4.68 Å². The summed E-state index contributed by atoms with van der Waals surface area (Å²) in [5, 5.41) is 5.48. The van der Waals surface area contributed by atoms with E-state index in [0.29, 0.717) is 0 Å². The first-order valence-corrected chi connectivity index (χ1v) is 4.29. The Labute approximate surface area is 77.2 Å². The molecule has 0 aliphatic rings. The van der Waals surface area contributed by atoms with Crippen LogP contribution in [0.3, 0.4) is 0 Å². The molecule has 1 aromatic heterocycles. The minimum absolute atomic E-state index is 0.804. The van der Waals surface area contributed by atoms with Gasteiger partial charge >= 0.3 is 0 Å². The lowest BCUT2D eigenvalue weighted by molar-refractivity contribution is 0.784. The van der Waals surface area contributed by atoms with Crippen LogP contribution in [-0.2, 0) is 7.05 Å². The highest BCUT2D eigenvalue weighted by Crippen LogP contribution is 2.24. The van der Waals surface area contributed by atoms with Gasteiger partial charge in [0.15, 0.2) is 0 Å². The summed E-state index contributed by atoms with van der Waals surface area (Å²) >= 11 is 0. The zero-order valence-electron chi connectivity index (χ0n) is 8.13. The topological polar surface area (TPSA) is 43.8 Å². The first kappa shape index (κ1) is 8.10. The SMILES string of the molecule is Cc1cc(N)c2c(c1)c(C)nn2C. The lowest BCUT2D eigenvalue weighted by Gasteiger charge is -2.00. The van der Waals surface area contributed by atoms with Crippen LogP contribution >= 0.6 is 0 Å². The molecular weight excluding hydrogens is 162 g/mol. The molecule has 0 amide bonds. The number of aryl methyl sites for hydroxylation is 3. The predicted octanol–water partition coefficient (Wildman–Crippen LogP) is 1.77. The first-order chi connectivity index (χ1) is 6.09. The van der Waals surface area contributed by atoms with E-state index in [1.165, 1.54) is 5.56 Å². The van der Waals surface area contributed by atoms with Crippen molar-refractivity contribution in [2.24, 2.45) is 7.05 Å². The van der Waals surface area contributed by atoms with Crippen LogP contribution < -0.4 is 5.73 Å². The number of nitrogen functional groups attached to an aromatic ring is 1. The number of fused-ring (bicyclic) bond motifs is 1. The predicted molar refractivity (Wildman–Crippen MR) is 54.6 cm³/mol. The second-order valence-corrected chi connectivity index (χ2v) is 3.46. The Kier molecular flexibility index (Phi) is 1.55. The average molecular weight is 175 g/mol. The van der Waals surface area contributed by atoms with E-state index >= 15 is 0 Å². The summed E-state index contributed by atoms with van der Waals surface area (Å²) in [7, 11) is 1.92. The molecule has 1 aromatic carbocycles. The van der Waals surface area contributed by atoms with Crippen molar-refractivity contribution in [1.82, 2.24) is 9.78 Å². The fourth-order valence-corrected chi connectivity index (χ4v) is 1.77. The van der Waals surface area contributed by atoms with Crippen molar-refractivity contribution in [3.63, 3.8) is 0 Å². The molecule has 13 heavy (non-hydrogen) atoms. The second-order valence-electron chi connectivity index (χ2n) is 3.46. The Morgan fingerprint density at radius 2 is 2.00 bits per heavy atom. The maximum Gasteiger partial charge on any atom is 0.0911 e. The number of benzene rings is 1. The molecule has 0 aliphatic heterocycles. The van der Waals surface area contributed by atoms with Gasteiger partial charge in [-0.2, -0.15) is 5.10 Å². The molecule has 1 heterocycles. The van der Waals surface area contributed by atoms with E-state index in [2.05, 4.69) is 11.2 Å². The summed E-state index contributed by atoms with van der Waals surface area (Å²) in [4.78, 5) is 0. The van der Waals surface area contributed by atoms with Gasteiger partial charge in [0, 0.05) is 12.4 Å².